The van der Waals surface area contributed by atoms with Gasteiger partial charge in [-0.05, 0) is 36.4 Å². The van der Waals surface area contributed by atoms with Gasteiger partial charge in [0.2, 0.25) is 0 Å². The zero-order valence-corrected chi connectivity index (χ0v) is 12.3. The normalized spacial score (nSPS) is 11.0. The molecule has 0 atom stereocenters. The highest BCUT2D eigenvalue weighted by Gasteiger charge is 2.12. The highest BCUT2D eigenvalue weighted by Crippen LogP contribution is 2.28. The maximum atomic E-state index is 11.9. The number of nitrogens with zero attached hydrogens (tertiary/aromatic N) is 2. The predicted molar refractivity (Wildman–Crippen MR) is 85.7 cm³/mol. The van der Waals surface area contributed by atoms with Crippen LogP contribution in [0.25, 0.3) is 11.3 Å². The first-order chi connectivity index (χ1) is 11.2. The molecule has 7 nitrogen and oxygen atoms in total. The van der Waals surface area contributed by atoms with Crippen molar-refractivity contribution in [1.82, 2.24) is 10.2 Å². The number of H-pyrrole nitrogens is 2. The molecule has 0 unspecified atom stereocenters. The van der Waals surface area contributed by atoms with Crippen molar-refractivity contribution in [3.05, 3.63) is 58.9 Å². The molecule has 0 aliphatic rings. The van der Waals surface area contributed by atoms with E-state index in [-0.39, 0.29) is 17.0 Å². The molecule has 7 heteroatoms. The molecule has 3 aromatic rings. The van der Waals surface area contributed by atoms with Gasteiger partial charge in [0.15, 0.2) is 5.69 Å². The Hall–Kier alpha value is -3.35. The number of phenolic OH excluding ortho intramolecular Hbond substituents is 1. The van der Waals surface area contributed by atoms with Gasteiger partial charge in [0.05, 0.1) is 18.5 Å². The molecule has 0 radical (unpaired) electrons. The summed E-state index contributed by atoms with van der Waals surface area (Å²) >= 11 is 0. The zero-order valence-electron chi connectivity index (χ0n) is 12.3. The van der Waals surface area contributed by atoms with E-state index in [0.717, 1.165) is 0 Å². The van der Waals surface area contributed by atoms with Crippen LogP contribution in [0.2, 0.25) is 0 Å². The van der Waals surface area contributed by atoms with Gasteiger partial charge in [-0.25, -0.2) is 0 Å². The molecular formula is C16H14N4O3. The first-order valence-electron chi connectivity index (χ1n) is 6.83. The Morgan fingerprint density at radius 3 is 2.52 bits per heavy atom. The number of rotatable bonds is 4. The third kappa shape index (κ3) is 3.13. The van der Waals surface area contributed by atoms with E-state index < -0.39 is 0 Å². The standard InChI is InChI=1S/C16H14N4O3/c1-23-13-7-5-11(6-8-13)17-19-15-14(18-20-16(15)22)10-3-2-4-12(21)9-10/h2-9,21H,1H3,(H2,18,20,22). The average Bonchev–Trinajstić information content (AvgIpc) is 2.94. The third-order valence-corrected chi connectivity index (χ3v) is 3.23. The molecule has 0 amide bonds. The Bertz CT molecular complexity index is 894. The number of ether oxygens (including phenoxy) is 1. The van der Waals surface area contributed by atoms with Crippen molar-refractivity contribution in [2.24, 2.45) is 10.2 Å². The van der Waals surface area contributed by atoms with Gasteiger partial charge in [0.1, 0.15) is 11.5 Å². The lowest BCUT2D eigenvalue weighted by Gasteiger charge is -2.00. The minimum atomic E-state index is -0.388. The fraction of sp³-hybridized carbons (Fsp3) is 0.0625. The first-order valence-corrected chi connectivity index (χ1v) is 6.83. The van der Waals surface area contributed by atoms with Crippen LogP contribution in [0.3, 0.4) is 0 Å². The second kappa shape index (κ2) is 6.18. The van der Waals surface area contributed by atoms with Crippen LogP contribution in [0.1, 0.15) is 0 Å². The lowest BCUT2D eigenvalue weighted by Crippen LogP contribution is -1.96. The number of azo groups is 1. The van der Waals surface area contributed by atoms with E-state index in [1.165, 1.54) is 6.07 Å². The first kappa shape index (κ1) is 14.6. The summed E-state index contributed by atoms with van der Waals surface area (Å²) in [6.45, 7) is 0. The van der Waals surface area contributed by atoms with Crippen molar-refractivity contribution in [3.63, 3.8) is 0 Å². The lowest BCUT2D eigenvalue weighted by atomic mass is 10.1. The SMILES string of the molecule is COc1ccc(N=Nc2c(-c3cccc(O)c3)[nH][nH]c2=O)cc1. The molecule has 23 heavy (non-hydrogen) atoms. The van der Waals surface area contributed by atoms with Crippen LogP contribution in [0.15, 0.2) is 63.6 Å². The number of aromatic hydroxyl groups is 1. The lowest BCUT2D eigenvalue weighted by molar-refractivity contribution is 0.415. The van der Waals surface area contributed by atoms with Crippen molar-refractivity contribution in [3.8, 4) is 22.8 Å². The van der Waals surface area contributed by atoms with Crippen molar-refractivity contribution in [2.45, 2.75) is 0 Å². The van der Waals surface area contributed by atoms with Crippen LogP contribution in [0.5, 0.6) is 11.5 Å². The van der Waals surface area contributed by atoms with Crippen molar-refractivity contribution in [2.75, 3.05) is 7.11 Å². The van der Waals surface area contributed by atoms with E-state index in [1.807, 2.05) is 0 Å². The third-order valence-electron chi connectivity index (χ3n) is 3.23. The summed E-state index contributed by atoms with van der Waals surface area (Å²) in [6, 6.07) is 13.5. The minimum absolute atomic E-state index is 0.0996. The van der Waals surface area contributed by atoms with Gasteiger partial charge in [-0.3, -0.25) is 15.0 Å². The Morgan fingerprint density at radius 2 is 1.83 bits per heavy atom. The number of hydrogen-bond acceptors (Lipinski definition) is 5. The molecular weight excluding hydrogens is 296 g/mol. The highest BCUT2D eigenvalue weighted by molar-refractivity contribution is 5.72. The fourth-order valence-corrected chi connectivity index (χ4v) is 2.07. The predicted octanol–water partition coefficient (Wildman–Crippen LogP) is 3.50. The van der Waals surface area contributed by atoms with Crippen LogP contribution in [-0.2, 0) is 0 Å². The second-order valence-electron chi connectivity index (χ2n) is 4.75. The maximum absolute atomic E-state index is 11.9. The number of nitrogens with one attached hydrogen (secondary N) is 2. The van der Waals surface area contributed by atoms with Crippen LogP contribution in [-0.4, -0.2) is 22.4 Å². The summed E-state index contributed by atoms with van der Waals surface area (Å²) in [7, 11) is 1.58. The van der Waals surface area contributed by atoms with Crippen molar-refractivity contribution < 1.29 is 9.84 Å². The number of hydrogen-bond donors (Lipinski definition) is 3. The molecule has 0 bridgehead atoms. The van der Waals surface area contributed by atoms with Gasteiger partial charge in [0, 0.05) is 5.56 Å². The summed E-state index contributed by atoms with van der Waals surface area (Å²) in [5, 5.41) is 22.9. The molecule has 1 aromatic heterocycles. The summed E-state index contributed by atoms with van der Waals surface area (Å²) < 4.78 is 5.07. The van der Waals surface area contributed by atoms with Gasteiger partial charge in [-0.2, -0.15) is 5.11 Å². The molecule has 3 N–H and O–H groups in total. The van der Waals surface area contributed by atoms with Crippen LogP contribution >= 0.6 is 0 Å². The van der Waals surface area contributed by atoms with Gasteiger partial charge in [-0.15, -0.1) is 5.11 Å². The van der Waals surface area contributed by atoms with E-state index in [0.29, 0.717) is 22.7 Å². The van der Waals surface area contributed by atoms with Crippen LogP contribution in [0, 0.1) is 0 Å². The number of benzene rings is 2. The van der Waals surface area contributed by atoms with Gasteiger partial charge in [0.25, 0.3) is 5.56 Å². The molecule has 0 saturated heterocycles. The van der Waals surface area contributed by atoms with Gasteiger partial charge < -0.3 is 9.84 Å². The minimum Gasteiger partial charge on any atom is -0.508 e. The number of aromatic amines is 2. The van der Waals surface area contributed by atoms with E-state index in [9.17, 15) is 9.90 Å². The molecule has 3 rings (SSSR count). The number of aromatic nitrogens is 2. The van der Waals surface area contributed by atoms with Crippen LogP contribution < -0.4 is 10.3 Å². The van der Waals surface area contributed by atoms with Gasteiger partial charge >= 0.3 is 0 Å². The smallest absolute Gasteiger partial charge is 0.292 e. The summed E-state index contributed by atoms with van der Waals surface area (Å²) in [4.78, 5) is 11.9. The summed E-state index contributed by atoms with van der Waals surface area (Å²) in [5.41, 5.74) is 1.44. The molecule has 0 aliphatic heterocycles. The molecule has 0 aliphatic carbocycles. The maximum Gasteiger partial charge on any atom is 0.292 e. The monoisotopic (exact) mass is 310 g/mol. The van der Waals surface area contributed by atoms with Crippen LogP contribution in [0.4, 0.5) is 11.4 Å². The van der Waals surface area contributed by atoms with E-state index >= 15 is 0 Å². The van der Waals surface area contributed by atoms with Crippen molar-refractivity contribution in [1.29, 1.82) is 0 Å². The Kier molecular flexibility index (Phi) is 3.92. The Balaban J connectivity index is 1.95. The Labute approximate surface area is 131 Å². The molecule has 116 valence electrons. The zero-order chi connectivity index (χ0) is 16.2. The molecule has 1 heterocycles. The molecule has 2 aromatic carbocycles. The number of phenols is 1. The van der Waals surface area contributed by atoms with E-state index in [2.05, 4.69) is 20.4 Å². The summed E-state index contributed by atoms with van der Waals surface area (Å²) in [6.07, 6.45) is 0. The van der Waals surface area contributed by atoms with Crippen molar-refractivity contribution >= 4 is 11.4 Å². The molecule has 0 spiro atoms. The number of methoxy groups -OCH3 is 1. The topological polar surface area (TPSA) is 103 Å². The Morgan fingerprint density at radius 1 is 1.04 bits per heavy atom. The largest absolute Gasteiger partial charge is 0.508 e. The highest BCUT2D eigenvalue weighted by atomic mass is 16.5. The molecule has 0 saturated carbocycles. The van der Waals surface area contributed by atoms with E-state index in [4.69, 9.17) is 4.74 Å². The summed E-state index contributed by atoms with van der Waals surface area (Å²) in [5.74, 6) is 0.812. The van der Waals surface area contributed by atoms with E-state index in [1.54, 1.807) is 49.6 Å². The fourth-order valence-electron chi connectivity index (χ4n) is 2.07. The molecule has 0 fully saturated rings. The van der Waals surface area contributed by atoms with Gasteiger partial charge in [-0.1, -0.05) is 12.1 Å². The average molecular weight is 310 g/mol. The second-order valence-corrected chi connectivity index (χ2v) is 4.75. The quantitative estimate of drug-likeness (QED) is 0.642.